The zero-order chi connectivity index (χ0) is 16.3. The lowest BCUT2D eigenvalue weighted by molar-refractivity contribution is 0.417. The Labute approximate surface area is 127 Å². The molecule has 0 spiro atoms. The number of benzene rings is 1. The van der Waals surface area contributed by atoms with Crippen LogP contribution in [0.3, 0.4) is 0 Å². The van der Waals surface area contributed by atoms with Crippen LogP contribution < -0.4 is 10.0 Å². The average Bonchev–Trinajstić information content (AvgIpc) is 2.32. The van der Waals surface area contributed by atoms with E-state index in [-0.39, 0.29) is 10.5 Å². The van der Waals surface area contributed by atoms with Gasteiger partial charge in [-0.15, -0.1) is 0 Å². The van der Waals surface area contributed by atoms with Crippen molar-refractivity contribution in [3.8, 4) is 0 Å². The summed E-state index contributed by atoms with van der Waals surface area (Å²) >= 11 is 0. The third kappa shape index (κ3) is 4.76. The Bertz CT molecular complexity index is 598. The normalized spacial score (nSPS) is 12.7. The van der Waals surface area contributed by atoms with Crippen LogP contribution in [0.15, 0.2) is 17.0 Å². The van der Waals surface area contributed by atoms with Crippen LogP contribution in [-0.2, 0) is 16.6 Å². The van der Waals surface area contributed by atoms with Gasteiger partial charge in [0.25, 0.3) is 0 Å². The first-order valence-corrected chi connectivity index (χ1v) is 8.59. The average molecular weight is 316 g/mol. The van der Waals surface area contributed by atoms with Crippen LogP contribution in [0.5, 0.6) is 0 Å². The number of hydrogen-bond acceptors (Lipinski definition) is 3. The van der Waals surface area contributed by atoms with E-state index in [1.165, 1.54) is 19.1 Å². The Morgan fingerprint density at radius 2 is 1.90 bits per heavy atom. The highest BCUT2D eigenvalue weighted by molar-refractivity contribution is 7.89. The van der Waals surface area contributed by atoms with E-state index in [9.17, 15) is 12.8 Å². The predicted molar refractivity (Wildman–Crippen MR) is 83.2 cm³/mol. The summed E-state index contributed by atoms with van der Waals surface area (Å²) in [6, 6.07) is 2.89. The van der Waals surface area contributed by atoms with Crippen molar-refractivity contribution in [3.63, 3.8) is 0 Å². The summed E-state index contributed by atoms with van der Waals surface area (Å²) in [7, 11) is -2.02. The van der Waals surface area contributed by atoms with E-state index < -0.39 is 21.4 Å². The molecule has 120 valence electrons. The minimum Gasteiger partial charge on any atom is -0.316 e. The predicted octanol–water partition coefficient (Wildman–Crippen LogP) is 2.71. The summed E-state index contributed by atoms with van der Waals surface area (Å²) in [5, 5.41) is 2.90. The van der Waals surface area contributed by atoms with Crippen molar-refractivity contribution in [2.75, 3.05) is 7.05 Å². The van der Waals surface area contributed by atoms with Gasteiger partial charge >= 0.3 is 0 Å². The molecule has 0 aliphatic rings. The Balaban J connectivity index is 3.24. The van der Waals surface area contributed by atoms with E-state index in [0.717, 1.165) is 6.42 Å². The van der Waals surface area contributed by atoms with Crippen LogP contribution in [0.25, 0.3) is 0 Å². The van der Waals surface area contributed by atoms with E-state index in [0.29, 0.717) is 18.5 Å². The molecule has 0 aliphatic heterocycles. The smallest absolute Gasteiger partial charge is 0.241 e. The third-order valence-electron chi connectivity index (χ3n) is 3.31. The maximum Gasteiger partial charge on any atom is 0.241 e. The summed E-state index contributed by atoms with van der Waals surface area (Å²) in [5.41, 5.74) is 0.194. The van der Waals surface area contributed by atoms with Crippen molar-refractivity contribution in [2.24, 2.45) is 0 Å². The molecule has 0 radical (unpaired) electrons. The van der Waals surface area contributed by atoms with Crippen LogP contribution in [0.2, 0.25) is 0 Å². The van der Waals surface area contributed by atoms with Crippen LogP contribution in [0.1, 0.15) is 44.7 Å². The van der Waals surface area contributed by atoms with Crippen molar-refractivity contribution < 1.29 is 12.8 Å². The largest absolute Gasteiger partial charge is 0.316 e. The molecule has 0 fully saturated rings. The van der Waals surface area contributed by atoms with Gasteiger partial charge in [0.15, 0.2) is 0 Å². The lowest BCUT2D eigenvalue weighted by Crippen LogP contribution is -2.43. The highest BCUT2D eigenvalue weighted by Crippen LogP contribution is 2.23. The van der Waals surface area contributed by atoms with Crippen molar-refractivity contribution >= 4 is 10.0 Å². The molecular formula is C15H25FN2O2S. The van der Waals surface area contributed by atoms with Gasteiger partial charge in [0.1, 0.15) is 5.82 Å². The molecule has 0 saturated heterocycles. The molecule has 0 saturated carbocycles. The SMILES string of the molecule is CCCC(C)(C)NS(=O)(=O)c1cc(CNC)cc(F)c1C. The second kappa shape index (κ2) is 6.85. The van der Waals surface area contributed by atoms with Crippen molar-refractivity contribution in [2.45, 2.75) is 57.5 Å². The van der Waals surface area contributed by atoms with Gasteiger partial charge in [-0.25, -0.2) is 17.5 Å². The second-order valence-corrected chi connectivity index (χ2v) is 7.62. The maximum atomic E-state index is 14.0. The fourth-order valence-corrected chi connectivity index (χ4v) is 4.13. The van der Waals surface area contributed by atoms with Gasteiger partial charge in [0, 0.05) is 17.6 Å². The summed E-state index contributed by atoms with van der Waals surface area (Å²) in [5.74, 6) is -0.503. The molecule has 0 aliphatic carbocycles. The molecule has 0 bridgehead atoms. The molecule has 4 nitrogen and oxygen atoms in total. The molecule has 0 unspecified atom stereocenters. The molecule has 1 aromatic rings. The van der Waals surface area contributed by atoms with Gasteiger partial charge in [-0.3, -0.25) is 0 Å². The molecule has 0 amide bonds. The lowest BCUT2D eigenvalue weighted by atomic mass is 10.0. The maximum absolute atomic E-state index is 14.0. The minimum absolute atomic E-state index is 0.0110. The molecule has 0 aromatic heterocycles. The molecule has 6 heteroatoms. The van der Waals surface area contributed by atoms with Gasteiger partial charge in [0.05, 0.1) is 4.90 Å². The first-order chi connectivity index (χ1) is 9.63. The zero-order valence-corrected chi connectivity index (χ0v) is 14.2. The minimum atomic E-state index is -3.75. The van der Waals surface area contributed by atoms with Gasteiger partial charge in [-0.1, -0.05) is 13.3 Å². The Hall–Kier alpha value is -0.980. The van der Waals surface area contributed by atoms with Crippen molar-refractivity contribution in [1.82, 2.24) is 10.0 Å². The van der Waals surface area contributed by atoms with Gasteiger partial charge in [-0.05, 0) is 51.9 Å². The topological polar surface area (TPSA) is 58.2 Å². The van der Waals surface area contributed by atoms with E-state index in [4.69, 9.17) is 0 Å². The third-order valence-corrected chi connectivity index (χ3v) is 5.14. The van der Waals surface area contributed by atoms with E-state index >= 15 is 0 Å². The fraction of sp³-hybridized carbons (Fsp3) is 0.600. The number of rotatable bonds is 7. The Kier molecular flexibility index (Phi) is 5.90. The van der Waals surface area contributed by atoms with Crippen LogP contribution in [0.4, 0.5) is 4.39 Å². The quantitative estimate of drug-likeness (QED) is 0.813. The molecule has 21 heavy (non-hydrogen) atoms. The molecule has 2 N–H and O–H groups in total. The second-order valence-electron chi connectivity index (χ2n) is 5.97. The van der Waals surface area contributed by atoms with Crippen molar-refractivity contribution in [1.29, 1.82) is 0 Å². The summed E-state index contributed by atoms with van der Waals surface area (Å²) in [6.07, 6.45) is 1.58. The van der Waals surface area contributed by atoms with E-state index in [1.807, 2.05) is 20.8 Å². The highest BCUT2D eigenvalue weighted by Gasteiger charge is 2.27. The van der Waals surface area contributed by atoms with Gasteiger partial charge < -0.3 is 5.32 Å². The standard InChI is InChI=1S/C15H25FN2O2S/c1-6-7-15(3,4)18-21(19,20)14-9-12(10-17-5)8-13(16)11(14)2/h8-9,17-18H,6-7,10H2,1-5H3. The summed E-state index contributed by atoms with van der Waals surface area (Å²) < 4.78 is 41.7. The molecule has 0 atom stereocenters. The number of halogens is 1. The fourth-order valence-electron chi connectivity index (χ4n) is 2.39. The van der Waals surface area contributed by atoms with E-state index in [1.54, 1.807) is 7.05 Å². The Morgan fingerprint density at radius 3 is 2.43 bits per heavy atom. The van der Waals surface area contributed by atoms with Gasteiger partial charge in [0.2, 0.25) is 10.0 Å². The lowest BCUT2D eigenvalue weighted by Gasteiger charge is -2.26. The monoisotopic (exact) mass is 316 g/mol. The van der Waals surface area contributed by atoms with Crippen LogP contribution in [0, 0.1) is 12.7 Å². The van der Waals surface area contributed by atoms with Crippen molar-refractivity contribution in [3.05, 3.63) is 29.1 Å². The number of sulfonamides is 1. The summed E-state index contributed by atoms with van der Waals surface area (Å²) in [6.45, 7) is 7.56. The molecule has 1 aromatic carbocycles. The summed E-state index contributed by atoms with van der Waals surface area (Å²) in [4.78, 5) is 0.0110. The highest BCUT2D eigenvalue weighted by atomic mass is 32.2. The van der Waals surface area contributed by atoms with Crippen LogP contribution >= 0.6 is 0 Å². The molecule has 1 rings (SSSR count). The van der Waals surface area contributed by atoms with E-state index in [2.05, 4.69) is 10.0 Å². The first-order valence-electron chi connectivity index (χ1n) is 7.10. The molecular weight excluding hydrogens is 291 g/mol. The first kappa shape index (κ1) is 18.1. The Morgan fingerprint density at radius 1 is 1.29 bits per heavy atom. The number of nitrogens with one attached hydrogen (secondary N) is 2. The van der Waals surface area contributed by atoms with Gasteiger partial charge in [-0.2, -0.15) is 0 Å². The molecule has 0 heterocycles. The zero-order valence-electron chi connectivity index (χ0n) is 13.4. The number of hydrogen-bond donors (Lipinski definition) is 2. The van der Waals surface area contributed by atoms with Crippen LogP contribution in [-0.4, -0.2) is 21.0 Å².